The van der Waals surface area contributed by atoms with Gasteiger partial charge in [-0.3, -0.25) is 4.79 Å². The summed E-state index contributed by atoms with van der Waals surface area (Å²) in [4.78, 5) is 16.9. The molecule has 1 unspecified atom stereocenters. The smallest absolute Gasteiger partial charge is 0.226 e. The van der Waals surface area contributed by atoms with Crippen LogP contribution < -0.4 is 5.32 Å². The van der Waals surface area contributed by atoms with Gasteiger partial charge >= 0.3 is 0 Å². The molecule has 2 aromatic heterocycles. The van der Waals surface area contributed by atoms with Crippen LogP contribution in [0.1, 0.15) is 61.2 Å². The SMILES string of the molecule is CC(C)c1csc(C2CC(=O)Nc3c2cnn3CC2CC2)n1. The molecule has 3 heterocycles. The second-order valence-corrected chi connectivity index (χ2v) is 7.53. The van der Waals surface area contributed by atoms with Gasteiger partial charge in [0.25, 0.3) is 0 Å². The van der Waals surface area contributed by atoms with Gasteiger partial charge in [-0.15, -0.1) is 11.3 Å². The van der Waals surface area contributed by atoms with Crippen LogP contribution in [0.5, 0.6) is 0 Å². The van der Waals surface area contributed by atoms with Gasteiger partial charge in [-0.05, 0) is 24.7 Å². The van der Waals surface area contributed by atoms with E-state index in [0.29, 0.717) is 12.3 Å². The zero-order chi connectivity index (χ0) is 15.3. The van der Waals surface area contributed by atoms with Gasteiger partial charge in [-0.2, -0.15) is 5.10 Å². The summed E-state index contributed by atoms with van der Waals surface area (Å²) in [5.41, 5.74) is 2.22. The van der Waals surface area contributed by atoms with Gasteiger partial charge in [0.15, 0.2) is 0 Å². The Hall–Kier alpha value is -1.69. The van der Waals surface area contributed by atoms with E-state index in [0.717, 1.165) is 34.5 Å². The lowest BCUT2D eigenvalue weighted by atomic mass is 9.95. The number of nitrogens with zero attached hydrogens (tertiary/aromatic N) is 3. The van der Waals surface area contributed by atoms with Crippen molar-refractivity contribution in [2.45, 2.75) is 51.5 Å². The molecule has 1 N–H and O–H groups in total. The number of nitrogens with one attached hydrogen (secondary N) is 1. The van der Waals surface area contributed by atoms with Gasteiger partial charge in [0, 0.05) is 29.8 Å². The molecule has 4 rings (SSSR count). The second-order valence-electron chi connectivity index (χ2n) is 6.64. The zero-order valence-electron chi connectivity index (χ0n) is 12.9. The van der Waals surface area contributed by atoms with Crippen LogP contribution in [-0.4, -0.2) is 20.7 Å². The molecule has 1 fully saturated rings. The largest absolute Gasteiger partial charge is 0.311 e. The topological polar surface area (TPSA) is 59.8 Å². The lowest BCUT2D eigenvalue weighted by Gasteiger charge is -2.22. The van der Waals surface area contributed by atoms with E-state index in [1.165, 1.54) is 12.8 Å². The van der Waals surface area contributed by atoms with E-state index in [1.54, 1.807) is 11.3 Å². The Morgan fingerprint density at radius 2 is 2.27 bits per heavy atom. The maximum absolute atomic E-state index is 12.1. The van der Waals surface area contributed by atoms with Gasteiger partial charge < -0.3 is 5.32 Å². The van der Waals surface area contributed by atoms with Crippen LogP contribution in [0.4, 0.5) is 5.82 Å². The van der Waals surface area contributed by atoms with Crippen molar-refractivity contribution in [2.24, 2.45) is 5.92 Å². The summed E-state index contributed by atoms with van der Waals surface area (Å²) in [6.07, 6.45) is 4.93. The maximum atomic E-state index is 12.1. The average Bonchev–Trinajstić information content (AvgIpc) is 2.99. The first-order chi connectivity index (χ1) is 10.6. The van der Waals surface area contributed by atoms with Crippen molar-refractivity contribution in [3.05, 3.63) is 27.8 Å². The highest BCUT2D eigenvalue weighted by atomic mass is 32.1. The van der Waals surface area contributed by atoms with Crippen LogP contribution in [0, 0.1) is 5.92 Å². The van der Waals surface area contributed by atoms with E-state index >= 15 is 0 Å². The van der Waals surface area contributed by atoms with Crippen molar-refractivity contribution >= 4 is 23.1 Å². The van der Waals surface area contributed by atoms with Crippen LogP contribution >= 0.6 is 11.3 Å². The molecule has 0 saturated heterocycles. The number of rotatable bonds is 4. The van der Waals surface area contributed by atoms with E-state index in [-0.39, 0.29) is 11.8 Å². The summed E-state index contributed by atoms with van der Waals surface area (Å²) < 4.78 is 1.97. The number of amides is 1. The first-order valence-electron chi connectivity index (χ1n) is 7.92. The van der Waals surface area contributed by atoms with Crippen molar-refractivity contribution in [1.82, 2.24) is 14.8 Å². The molecule has 1 atom stereocenters. The molecular formula is C16H20N4OS. The minimum absolute atomic E-state index is 0.0502. The average molecular weight is 316 g/mol. The van der Waals surface area contributed by atoms with Crippen LogP contribution in [0.2, 0.25) is 0 Å². The Kier molecular flexibility index (Phi) is 3.29. The van der Waals surface area contributed by atoms with Crippen LogP contribution in [-0.2, 0) is 11.3 Å². The molecule has 1 saturated carbocycles. The van der Waals surface area contributed by atoms with E-state index in [2.05, 4.69) is 29.6 Å². The van der Waals surface area contributed by atoms with Crippen molar-refractivity contribution in [3.63, 3.8) is 0 Å². The fraction of sp³-hybridized carbons (Fsp3) is 0.562. The van der Waals surface area contributed by atoms with Gasteiger partial charge in [0.1, 0.15) is 10.8 Å². The van der Waals surface area contributed by atoms with Crippen molar-refractivity contribution in [3.8, 4) is 0 Å². The van der Waals surface area contributed by atoms with E-state index in [4.69, 9.17) is 4.98 Å². The maximum Gasteiger partial charge on any atom is 0.226 e. The first kappa shape index (κ1) is 13.9. The number of thiazole rings is 1. The molecule has 1 aliphatic carbocycles. The number of carbonyl (C=O) groups is 1. The van der Waals surface area contributed by atoms with Crippen LogP contribution in [0.15, 0.2) is 11.6 Å². The molecule has 0 aromatic carbocycles. The normalized spacial score (nSPS) is 21.0. The van der Waals surface area contributed by atoms with Gasteiger partial charge in [0.05, 0.1) is 11.9 Å². The van der Waals surface area contributed by atoms with E-state index in [1.807, 2.05) is 10.9 Å². The number of hydrogen-bond donors (Lipinski definition) is 1. The Morgan fingerprint density at radius 1 is 1.45 bits per heavy atom. The fourth-order valence-corrected chi connectivity index (χ4v) is 4.00. The lowest BCUT2D eigenvalue weighted by molar-refractivity contribution is -0.116. The Balaban J connectivity index is 1.69. The predicted octanol–water partition coefficient (Wildman–Crippen LogP) is 3.35. The molecule has 6 heteroatoms. The third kappa shape index (κ3) is 2.45. The van der Waals surface area contributed by atoms with Gasteiger partial charge in [-0.25, -0.2) is 9.67 Å². The second kappa shape index (κ2) is 5.19. The van der Waals surface area contributed by atoms with Crippen LogP contribution in [0.25, 0.3) is 0 Å². The summed E-state index contributed by atoms with van der Waals surface area (Å²) in [6.45, 7) is 5.20. The number of carbonyl (C=O) groups excluding carboxylic acids is 1. The van der Waals surface area contributed by atoms with E-state index in [9.17, 15) is 4.79 Å². The third-order valence-electron chi connectivity index (χ3n) is 4.45. The predicted molar refractivity (Wildman–Crippen MR) is 86.2 cm³/mol. The van der Waals surface area contributed by atoms with Crippen molar-refractivity contribution in [1.29, 1.82) is 0 Å². The molecule has 5 nitrogen and oxygen atoms in total. The molecule has 1 aliphatic heterocycles. The highest BCUT2D eigenvalue weighted by molar-refractivity contribution is 7.09. The Morgan fingerprint density at radius 3 is 2.95 bits per heavy atom. The summed E-state index contributed by atoms with van der Waals surface area (Å²) in [7, 11) is 0. The molecule has 1 amide bonds. The molecule has 2 aromatic rings. The van der Waals surface area contributed by atoms with E-state index < -0.39 is 0 Å². The summed E-state index contributed by atoms with van der Waals surface area (Å²) in [5, 5.41) is 10.7. The number of hydrogen-bond acceptors (Lipinski definition) is 4. The fourth-order valence-electron chi connectivity index (χ4n) is 2.90. The molecular weight excluding hydrogens is 296 g/mol. The monoisotopic (exact) mass is 316 g/mol. The summed E-state index contributed by atoms with van der Waals surface area (Å²) in [6, 6.07) is 0. The van der Waals surface area contributed by atoms with Crippen molar-refractivity contribution in [2.75, 3.05) is 5.32 Å². The Labute approximate surface area is 133 Å². The first-order valence-corrected chi connectivity index (χ1v) is 8.80. The Bertz CT molecular complexity index is 714. The third-order valence-corrected chi connectivity index (χ3v) is 5.42. The quantitative estimate of drug-likeness (QED) is 0.941. The molecule has 0 radical (unpaired) electrons. The number of fused-ring (bicyclic) bond motifs is 1. The summed E-state index contributed by atoms with van der Waals surface area (Å²) in [5.74, 6) is 2.15. The zero-order valence-corrected chi connectivity index (χ0v) is 13.7. The van der Waals surface area contributed by atoms with Gasteiger partial charge in [-0.1, -0.05) is 13.8 Å². The number of aromatic nitrogens is 3. The molecule has 0 spiro atoms. The van der Waals surface area contributed by atoms with Crippen LogP contribution in [0.3, 0.4) is 0 Å². The minimum Gasteiger partial charge on any atom is -0.311 e. The van der Waals surface area contributed by atoms with Gasteiger partial charge in [0.2, 0.25) is 5.91 Å². The molecule has 22 heavy (non-hydrogen) atoms. The molecule has 2 aliphatic rings. The standard InChI is InChI=1S/C16H20N4OS/c1-9(2)13-8-22-16(18-13)11-5-14(21)19-15-12(11)6-17-20(15)7-10-3-4-10/h6,8-11H,3-5,7H2,1-2H3,(H,19,21). The molecule has 116 valence electrons. The summed E-state index contributed by atoms with van der Waals surface area (Å²) >= 11 is 1.66. The lowest BCUT2D eigenvalue weighted by Crippen LogP contribution is -2.25. The highest BCUT2D eigenvalue weighted by Crippen LogP contribution is 2.40. The van der Waals surface area contributed by atoms with Crippen molar-refractivity contribution < 1.29 is 4.79 Å². The molecule has 0 bridgehead atoms. The highest BCUT2D eigenvalue weighted by Gasteiger charge is 2.33. The minimum atomic E-state index is 0.0502. The number of anilines is 1.